The van der Waals surface area contributed by atoms with Crippen molar-refractivity contribution in [2.24, 2.45) is 0 Å². The van der Waals surface area contributed by atoms with Crippen LogP contribution in [0.5, 0.6) is 5.75 Å². The van der Waals surface area contributed by atoms with Crippen LogP contribution in [0.25, 0.3) is 0 Å². The number of methoxy groups -OCH3 is 1. The normalized spacial score (nSPS) is 17.4. The molecule has 0 saturated heterocycles. The lowest BCUT2D eigenvalue weighted by molar-refractivity contribution is 0.0677. The van der Waals surface area contributed by atoms with E-state index in [9.17, 15) is 4.79 Å². The quantitative estimate of drug-likeness (QED) is 0.855. The third-order valence-corrected chi connectivity index (χ3v) is 4.27. The minimum absolute atomic E-state index is 0.0756. The van der Waals surface area contributed by atoms with Crippen molar-refractivity contribution in [1.82, 2.24) is 9.88 Å². The van der Waals surface area contributed by atoms with E-state index in [-0.39, 0.29) is 11.9 Å². The molecule has 5 nitrogen and oxygen atoms in total. The first-order chi connectivity index (χ1) is 11.1. The number of hydrogen-bond acceptors (Lipinski definition) is 4. The molecule has 0 radical (unpaired) electrons. The number of ether oxygens (including phenoxy) is 1. The van der Waals surface area contributed by atoms with Gasteiger partial charge in [-0.1, -0.05) is 18.2 Å². The van der Waals surface area contributed by atoms with Crippen LogP contribution in [0.4, 0.5) is 5.69 Å². The van der Waals surface area contributed by atoms with E-state index in [4.69, 9.17) is 4.74 Å². The second kappa shape index (κ2) is 6.28. The van der Waals surface area contributed by atoms with Gasteiger partial charge >= 0.3 is 0 Å². The van der Waals surface area contributed by atoms with Crippen molar-refractivity contribution in [2.45, 2.75) is 19.5 Å². The van der Waals surface area contributed by atoms with Gasteiger partial charge in [0.2, 0.25) is 0 Å². The summed E-state index contributed by atoms with van der Waals surface area (Å²) in [6, 6.07) is 11.8. The SMILES string of the molecule is COc1cccnc1C(=O)N1Cc2ccccc2N(C)C[C@@H]1C. The number of carbonyl (C=O) groups excluding carboxylic acids is 1. The fourth-order valence-electron chi connectivity index (χ4n) is 3.07. The lowest BCUT2D eigenvalue weighted by atomic mass is 10.1. The minimum Gasteiger partial charge on any atom is -0.494 e. The van der Waals surface area contributed by atoms with Crippen LogP contribution in [-0.4, -0.2) is 42.5 Å². The average Bonchev–Trinajstić information content (AvgIpc) is 2.71. The first-order valence-electron chi connectivity index (χ1n) is 7.71. The van der Waals surface area contributed by atoms with Gasteiger partial charge in [-0.15, -0.1) is 0 Å². The molecule has 1 aliphatic rings. The molecule has 1 amide bonds. The molecule has 1 aliphatic heterocycles. The molecule has 1 aromatic carbocycles. The number of anilines is 1. The van der Waals surface area contributed by atoms with Crippen molar-refractivity contribution in [3.05, 3.63) is 53.9 Å². The van der Waals surface area contributed by atoms with Gasteiger partial charge in [-0.05, 0) is 30.7 Å². The van der Waals surface area contributed by atoms with E-state index in [2.05, 4.69) is 36.0 Å². The summed E-state index contributed by atoms with van der Waals surface area (Å²) in [7, 11) is 3.62. The molecule has 2 heterocycles. The highest BCUT2D eigenvalue weighted by molar-refractivity contribution is 5.95. The summed E-state index contributed by atoms with van der Waals surface area (Å²) >= 11 is 0. The maximum atomic E-state index is 13.0. The molecule has 1 atom stereocenters. The number of para-hydroxylation sites is 1. The molecule has 0 bridgehead atoms. The topological polar surface area (TPSA) is 45.7 Å². The summed E-state index contributed by atoms with van der Waals surface area (Å²) in [6.07, 6.45) is 1.62. The maximum absolute atomic E-state index is 13.0. The van der Waals surface area contributed by atoms with Gasteiger partial charge in [-0.25, -0.2) is 4.98 Å². The van der Waals surface area contributed by atoms with Gasteiger partial charge in [0.15, 0.2) is 5.69 Å². The molecule has 2 aromatic rings. The van der Waals surface area contributed by atoms with E-state index in [1.165, 1.54) is 5.69 Å². The monoisotopic (exact) mass is 311 g/mol. The molecular weight excluding hydrogens is 290 g/mol. The Balaban J connectivity index is 1.97. The number of fused-ring (bicyclic) bond motifs is 1. The van der Waals surface area contributed by atoms with Crippen LogP contribution in [0.3, 0.4) is 0 Å². The molecule has 0 N–H and O–H groups in total. The largest absolute Gasteiger partial charge is 0.494 e. The Morgan fingerprint density at radius 1 is 1.26 bits per heavy atom. The zero-order valence-corrected chi connectivity index (χ0v) is 13.7. The highest BCUT2D eigenvalue weighted by Gasteiger charge is 2.29. The van der Waals surface area contributed by atoms with E-state index < -0.39 is 0 Å². The van der Waals surface area contributed by atoms with Gasteiger partial charge in [-0.3, -0.25) is 4.79 Å². The van der Waals surface area contributed by atoms with E-state index in [1.807, 2.05) is 17.0 Å². The number of carbonyl (C=O) groups is 1. The average molecular weight is 311 g/mol. The Bertz CT molecular complexity index is 717. The van der Waals surface area contributed by atoms with Crippen molar-refractivity contribution in [3.63, 3.8) is 0 Å². The molecule has 23 heavy (non-hydrogen) atoms. The fraction of sp³-hybridized carbons (Fsp3) is 0.333. The van der Waals surface area contributed by atoms with Gasteiger partial charge < -0.3 is 14.5 Å². The fourth-order valence-corrected chi connectivity index (χ4v) is 3.07. The number of amides is 1. The Morgan fingerprint density at radius 3 is 2.83 bits per heavy atom. The smallest absolute Gasteiger partial charge is 0.276 e. The predicted molar refractivity (Wildman–Crippen MR) is 89.8 cm³/mol. The summed E-state index contributed by atoms with van der Waals surface area (Å²) in [4.78, 5) is 21.3. The van der Waals surface area contributed by atoms with Crippen molar-refractivity contribution in [2.75, 3.05) is 25.6 Å². The van der Waals surface area contributed by atoms with Crippen molar-refractivity contribution in [3.8, 4) is 5.75 Å². The van der Waals surface area contributed by atoms with E-state index in [0.29, 0.717) is 18.0 Å². The van der Waals surface area contributed by atoms with Gasteiger partial charge in [0, 0.05) is 38.1 Å². The van der Waals surface area contributed by atoms with Crippen LogP contribution in [0.1, 0.15) is 23.0 Å². The van der Waals surface area contributed by atoms with Crippen LogP contribution in [0.2, 0.25) is 0 Å². The van der Waals surface area contributed by atoms with Gasteiger partial charge in [-0.2, -0.15) is 0 Å². The lowest BCUT2D eigenvalue weighted by Crippen LogP contribution is -2.42. The number of likely N-dealkylation sites (N-methyl/N-ethyl adjacent to an activating group) is 1. The molecule has 120 valence electrons. The Labute approximate surface area is 136 Å². The molecule has 0 fully saturated rings. The third-order valence-electron chi connectivity index (χ3n) is 4.27. The second-order valence-corrected chi connectivity index (χ2v) is 5.85. The molecule has 0 spiro atoms. The highest BCUT2D eigenvalue weighted by atomic mass is 16.5. The molecule has 0 aliphatic carbocycles. The standard InChI is InChI=1S/C18H21N3O2/c1-13-11-20(2)15-8-5-4-7-14(15)12-21(13)18(22)17-16(23-3)9-6-10-19-17/h4-10,13H,11-12H2,1-3H3/t13-/m0/s1. The Kier molecular flexibility index (Phi) is 4.19. The molecule has 0 unspecified atom stereocenters. The number of nitrogens with zero attached hydrogens (tertiary/aromatic N) is 3. The zero-order chi connectivity index (χ0) is 16.4. The van der Waals surface area contributed by atoms with Crippen molar-refractivity contribution >= 4 is 11.6 Å². The van der Waals surface area contributed by atoms with Crippen LogP contribution in [-0.2, 0) is 6.54 Å². The maximum Gasteiger partial charge on any atom is 0.276 e. The highest BCUT2D eigenvalue weighted by Crippen LogP contribution is 2.28. The summed E-state index contributed by atoms with van der Waals surface area (Å²) in [5, 5.41) is 0. The molecular formula is C18H21N3O2. The summed E-state index contributed by atoms with van der Waals surface area (Å²) in [5.41, 5.74) is 2.68. The van der Waals surface area contributed by atoms with Crippen LogP contribution < -0.4 is 9.64 Å². The summed E-state index contributed by atoms with van der Waals surface area (Å²) in [6.45, 7) is 3.41. The van der Waals surface area contributed by atoms with Crippen LogP contribution >= 0.6 is 0 Å². The molecule has 0 saturated carbocycles. The van der Waals surface area contributed by atoms with Crippen LogP contribution in [0.15, 0.2) is 42.6 Å². The summed E-state index contributed by atoms with van der Waals surface area (Å²) in [5.74, 6) is 0.413. The minimum atomic E-state index is -0.0972. The second-order valence-electron chi connectivity index (χ2n) is 5.85. The van der Waals surface area contributed by atoms with Gasteiger partial charge in [0.05, 0.1) is 7.11 Å². The first-order valence-corrected chi connectivity index (χ1v) is 7.71. The van der Waals surface area contributed by atoms with Crippen LogP contribution in [0, 0.1) is 0 Å². The molecule has 1 aromatic heterocycles. The number of aromatic nitrogens is 1. The number of pyridine rings is 1. The number of hydrogen-bond donors (Lipinski definition) is 0. The van der Waals surface area contributed by atoms with E-state index >= 15 is 0 Å². The van der Waals surface area contributed by atoms with Crippen molar-refractivity contribution in [1.29, 1.82) is 0 Å². The Morgan fingerprint density at radius 2 is 2.04 bits per heavy atom. The first kappa shape index (κ1) is 15.3. The number of benzene rings is 1. The summed E-state index contributed by atoms with van der Waals surface area (Å²) < 4.78 is 5.29. The van der Waals surface area contributed by atoms with Gasteiger partial charge in [0.1, 0.15) is 5.75 Å². The number of rotatable bonds is 2. The zero-order valence-electron chi connectivity index (χ0n) is 13.7. The van der Waals surface area contributed by atoms with E-state index in [0.717, 1.165) is 12.1 Å². The van der Waals surface area contributed by atoms with Gasteiger partial charge in [0.25, 0.3) is 5.91 Å². The predicted octanol–water partition coefficient (Wildman–Crippen LogP) is 2.57. The van der Waals surface area contributed by atoms with Crippen molar-refractivity contribution < 1.29 is 9.53 Å². The lowest BCUT2D eigenvalue weighted by Gasteiger charge is -2.28. The molecule has 3 rings (SSSR count). The Hall–Kier alpha value is -2.56. The molecule has 5 heteroatoms. The third kappa shape index (κ3) is 2.86. The van der Waals surface area contributed by atoms with E-state index in [1.54, 1.807) is 25.4 Å².